The number of ether oxygens (including phenoxy) is 1. The average molecular weight is 414 g/mol. The second-order valence-electron chi connectivity index (χ2n) is 7.42. The number of anilines is 4. The van der Waals surface area contributed by atoms with E-state index < -0.39 is 0 Å². The summed E-state index contributed by atoms with van der Waals surface area (Å²) in [5.74, 6) is 2.00. The van der Waals surface area contributed by atoms with Crippen LogP contribution in [0.4, 0.5) is 23.1 Å². The van der Waals surface area contributed by atoms with Crippen molar-refractivity contribution >= 4 is 34.0 Å². The van der Waals surface area contributed by atoms with Crippen molar-refractivity contribution in [3.63, 3.8) is 0 Å². The topological polar surface area (TPSA) is 115 Å². The molecule has 5 rings (SSSR count). The molecule has 1 aliphatic heterocycles. The normalized spacial score (nSPS) is 14.0. The molecule has 0 saturated carbocycles. The number of nitrogens with zero attached hydrogens (tertiary/aromatic N) is 6. The number of aromatic nitrogens is 5. The molecular weight excluding hydrogens is 392 g/mol. The maximum atomic E-state index is 6.26. The van der Waals surface area contributed by atoms with E-state index in [-0.39, 0.29) is 0 Å². The van der Waals surface area contributed by atoms with Crippen LogP contribution >= 0.6 is 0 Å². The summed E-state index contributed by atoms with van der Waals surface area (Å²) in [5, 5.41) is 21.2. The van der Waals surface area contributed by atoms with Gasteiger partial charge in [-0.05, 0) is 54.4 Å². The molecule has 1 saturated heterocycles. The molecule has 9 heteroatoms. The van der Waals surface area contributed by atoms with Gasteiger partial charge in [-0.2, -0.15) is 0 Å². The fraction of sp³-hybridized carbons (Fsp3) is 0.227. The number of nitrogen functional groups attached to an aromatic ring is 1. The molecule has 1 aromatic carbocycles. The molecule has 0 unspecified atom stereocenters. The van der Waals surface area contributed by atoms with Crippen LogP contribution in [0.2, 0.25) is 0 Å². The second-order valence-corrected chi connectivity index (χ2v) is 7.42. The van der Waals surface area contributed by atoms with Gasteiger partial charge in [0.2, 0.25) is 0 Å². The highest BCUT2D eigenvalue weighted by molar-refractivity contribution is 5.95. The summed E-state index contributed by atoms with van der Waals surface area (Å²) in [6.07, 6.45) is 3.62. The number of morpholine rings is 1. The SMILES string of the molecule is Cc1ccncc1-c1cc(N)c2nnc(Nc3ccc(N4CCOCC4)nn3)cc2c1. The lowest BCUT2D eigenvalue weighted by molar-refractivity contribution is 0.122. The second kappa shape index (κ2) is 8.11. The molecule has 3 N–H and O–H groups in total. The Morgan fingerprint density at radius 2 is 1.81 bits per heavy atom. The van der Waals surface area contributed by atoms with Crippen molar-refractivity contribution in [1.82, 2.24) is 25.4 Å². The van der Waals surface area contributed by atoms with Crippen LogP contribution in [0.3, 0.4) is 0 Å². The third kappa shape index (κ3) is 3.95. The summed E-state index contributed by atoms with van der Waals surface area (Å²) in [5.41, 5.74) is 10.6. The van der Waals surface area contributed by atoms with Crippen molar-refractivity contribution in [1.29, 1.82) is 0 Å². The first-order valence-corrected chi connectivity index (χ1v) is 10.1. The Hall–Kier alpha value is -3.85. The Morgan fingerprint density at radius 1 is 0.968 bits per heavy atom. The van der Waals surface area contributed by atoms with Gasteiger partial charge in [0, 0.05) is 36.4 Å². The van der Waals surface area contributed by atoms with E-state index >= 15 is 0 Å². The van der Waals surface area contributed by atoms with Gasteiger partial charge in [-0.3, -0.25) is 4.98 Å². The predicted molar refractivity (Wildman–Crippen MR) is 120 cm³/mol. The molecule has 0 spiro atoms. The highest BCUT2D eigenvalue weighted by Gasteiger charge is 2.13. The van der Waals surface area contributed by atoms with E-state index in [1.165, 1.54) is 0 Å². The highest BCUT2D eigenvalue weighted by Crippen LogP contribution is 2.30. The van der Waals surface area contributed by atoms with E-state index in [1.54, 1.807) is 6.20 Å². The van der Waals surface area contributed by atoms with Crippen LogP contribution in [0, 0.1) is 6.92 Å². The fourth-order valence-electron chi connectivity index (χ4n) is 3.65. The Labute approximate surface area is 179 Å². The minimum atomic E-state index is 0.570. The maximum Gasteiger partial charge on any atom is 0.154 e. The van der Waals surface area contributed by atoms with Gasteiger partial charge in [-0.25, -0.2) is 0 Å². The number of hydrogen-bond donors (Lipinski definition) is 2. The predicted octanol–water partition coefficient (Wildman–Crippen LogP) is 2.95. The molecule has 0 bridgehead atoms. The first-order chi connectivity index (χ1) is 15.2. The molecular formula is C22H22N8O. The Kier molecular flexibility index (Phi) is 5.01. The van der Waals surface area contributed by atoms with E-state index in [0.717, 1.165) is 41.0 Å². The zero-order valence-corrected chi connectivity index (χ0v) is 17.1. The van der Waals surface area contributed by atoms with Crippen molar-refractivity contribution in [2.45, 2.75) is 6.92 Å². The third-order valence-corrected chi connectivity index (χ3v) is 5.31. The molecule has 4 heterocycles. The van der Waals surface area contributed by atoms with Crippen molar-refractivity contribution in [3.05, 3.63) is 54.4 Å². The molecule has 4 aromatic rings. The van der Waals surface area contributed by atoms with Gasteiger partial charge in [0.1, 0.15) is 5.52 Å². The lowest BCUT2D eigenvalue weighted by Crippen LogP contribution is -2.36. The number of fused-ring (bicyclic) bond motifs is 1. The molecule has 0 aliphatic carbocycles. The van der Waals surface area contributed by atoms with Crippen molar-refractivity contribution in [2.24, 2.45) is 0 Å². The van der Waals surface area contributed by atoms with Crippen molar-refractivity contribution in [3.8, 4) is 11.1 Å². The van der Waals surface area contributed by atoms with Gasteiger partial charge in [-0.1, -0.05) is 0 Å². The van der Waals surface area contributed by atoms with E-state index in [9.17, 15) is 0 Å². The average Bonchev–Trinajstić information content (AvgIpc) is 2.80. The largest absolute Gasteiger partial charge is 0.397 e. The molecule has 1 fully saturated rings. The number of benzene rings is 1. The number of nitrogens with one attached hydrogen (secondary N) is 1. The smallest absolute Gasteiger partial charge is 0.154 e. The van der Waals surface area contributed by atoms with E-state index in [4.69, 9.17) is 10.5 Å². The van der Waals surface area contributed by atoms with Crippen LogP contribution < -0.4 is 16.0 Å². The summed E-state index contributed by atoms with van der Waals surface area (Å²) < 4.78 is 5.38. The van der Waals surface area contributed by atoms with Gasteiger partial charge in [0.15, 0.2) is 17.5 Å². The molecule has 1 aliphatic rings. The van der Waals surface area contributed by atoms with Gasteiger partial charge < -0.3 is 20.7 Å². The highest BCUT2D eigenvalue weighted by atomic mass is 16.5. The van der Waals surface area contributed by atoms with E-state index in [0.29, 0.717) is 36.1 Å². The minimum absolute atomic E-state index is 0.570. The molecule has 156 valence electrons. The van der Waals surface area contributed by atoms with Crippen LogP contribution in [0.1, 0.15) is 5.56 Å². The zero-order chi connectivity index (χ0) is 21.2. The Bertz CT molecular complexity index is 1220. The number of hydrogen-bond acceptors (Lipinski definition) is 9. The third-order valence-electron chi connectivity index (χ3n) is 5.31. The van der Waals surface area contributed by atoms with E-state index in [2.05, 4.69) is 42.5 Å². The van der Waals surface area contributed by atoms with Crippen molar-refractivity contribution < 1.29 is 4.74 Å². The zero-order valence-electron chi connectivity index (χ0n) is 17.1. The Balaban J connectivity index is 1.42. The fourth-order valence-corrected chi connectivity index (χ4v) is 3.65. The van der Waals surface area contributed by atoms with Crippen LogP contribution in [-0.4, -0.2) is 51.7 Å². The van der Waals surface area contributed by atoms with Crippen LogP contribution in [0.15, 0.2) is 48.8 Å². The Morgan fingerprint density at radius 3 is 2.58 bits per heavy atom. The lowest BCUT2D eigenvalue weighted by atomic mass is 10.0. The first-order valence-electron chi connectivity index (χ1n) is 10.1. The van der Waals surface area contributed by atoms with Crippen LogP contribution in [-0.2, 0) is 4.74 Å². The van der Waals surface area contributed by atoms with Crippen LogP contribution in [0.25, 0.3) is 22.0 Å². The van der Waals surface area contributed by atoms with Crippen LogP contribution in [0.5, 0.6) is 0 Å². The lowest BCUT2D eigenvalue weighted by Gasteiger charge is -2.27. The first kappa shape index (κ1) is 19.1. The van der Waals surface area contributed by atoms with Crippen molar-refractivity contribution in [2.75, 3.05) is 42.3 Å². The molecule has 3 aromatic heterocycles. The summed E-state index contributed by atoms with van der Waals surface area (Å²) in [6, 6.07) is 11.7. The molecule has 9 nitrogen and oxygen atoms in total. The summed E-state index contributed by atoms with van der Waals surface area (Å²) >= 11 is 0. The molecule has 0 atom stereocenters. The number of pyridine rings is 1. The quantitative estimate of drug-likeness (QED) is 0.486. The van der Waals surface area contributed by atoms with Gasteiger partial charge >= 0.3 is 0 Å². The number of aryl methyl sites for hydroxylation is 1. The van der Waals surface area contributed by atoms with Gasteiger partial charge in [-0.15, -0.1) is 20.4 Å². The number of rotatable bonds is 4. The summed E-state index contributed by atoms with van der Waals surface area (Å²) in [4.78, 5) is 6.39. The van der Waals surface area contributed by atoms with Gasteiger partial charge in [0.25, 0.3) is 0 Å². The van der Waals surface area contributed by atoms with E-state index in [1.807, 2.05) is 42.6 Å². The molecule has 0 amide bonds. The maximum absolute atomic E-state index is 6.26. The molecule has 31 heavy (non-hydrogen) atoms. The summed E-state index contributed by atoms with van der Waals surface area (Å²) in [6.45, 7) is 5.10. The molecule has 0 radical (unpaired) electrons. The monoisotopic (exact) mass is 414 g/mol. The van der Waals surface area contributed by atoms with Gasteiger partial charge in [0.05, 0.1) is 18.9 Å². The summed E-state index contributed by atoms with van der Waals surface area (Å²) in [7, 11) is 0. The number of nitrogens with two attached hydrogens (primary N) is 1. The minimum Gasteiger partial charge on any atom is -0.397 e. The standard InChI is InChI=1S/C22H22N8O/c1-14-4-5-24-13-17(14)15-10-16-12-20(27-29-22(16)18(23)11-15)25-19-2-3-21(28-26-19)30-6-8-31-9-7-30/h2-5,10-13H,6-9,23H2,1H3,(H,25,26,27).